The Kier molecular flexibility index (Phi) is 3.78. The molecule has 0 bridgehead atoms. The zero-order chi connectivity index (χ0) is 13.1. The summed E-state index contributed by atoms with van der Waals surface area (Å²) in [6.45, 7) is 0. The van der Waals surface area contributed by atoms with Gasteiger partial charge in [-0.15, -0.1) is 0 Å². The highest BCUT2D eigenvalue weighted by Crippen LogP contribution is 2.35. The van der Waals surface area contributed by atoms with Gasteiger partial charge in [-0.25, -0.2) is 0 Å². The topological polar surface area (TPSA) is 75.4 Å². The quantitative estimate of drug-likeness (QED) is 0.669. The van der Waals surface area contributed by atoms with E-state index in [1.807, 2.05) is 0 Å². The van der Waals surface area contributed by atoms with Crippen LogP contribution in [0.25, 0.3) is 0 Å². The monoisotopic (exact) mass is 328 g/mol. The zero-order valence-electron chi connectivity index (χ0n) is 9.29. The van der Waals surface area contributed by atoms with Crippen molar-refractivity contribution >= 4 is 34.4 Å². The molecule has 1 heterocycles. The van der Waals surface area contributed by atoms with Crippen LogP contribution >= 0.6 is 28.1 Å². The molecular formula is C10H9BrN4O2S. The van der Waals surface area contributed by atoms with Crippen LogP contribution < -0.4 is 4.74 Å². The van der Waals surface area contributed by atoms with Gasteiger partial charge in [-0.1, -0.05) is 0 Å². The molecule has 6 nitrogen and oxygen atoms in total. The van der Waals surface area contributed by atoms with Crippen molar-refractivity contribution in [2.24, 2.45) is 5.10 Å². The van der Waals surface area contributed by atoms with Crippen LogP contribution in [0.3, 0.4) is 0 Å². The van der Waals surface area contributed by atoms with Gasteiger partial charge in [-0.3, -0.25) is 5.10 Å². The minimum absolute atomic E-state index is 0.0252. The normalized spacial score (nSPS) is 11.0. The van der Waals surface area contributed by atoms with Gasteiger partial charge in [0.25, 0.3) is 0 Å². The van der Waals surface area contributed by atoms with Crippen LogP contribution in [0.5, 0.6) is 11.5 Å². The molecule has 0 fully saturated rings. The Morgan fingerprint density at radius 2 is 2.39 bits per heavy atom. The van der Waals surface area contributed by atoms with E-state index in [0.29, 0.717) is 20.6 Å². The van der Waals surface area contributed by atoms with E-state index < -0.39 is 0 Å². The largest absolute Gasteiger partial charge is 0.503 e. The zero-order valence-corrected chi connectivity index (χ0v) is 11.7. The van der Waals surface area contributed by atoms with Gasteiger partial charge in [0.15, 0.2) is 11.5 Å². The number of hydrogen-bond donors (Lipinski definition) is 2. The Morgan fingerprint density at radius 3 is 3.00 bits per heavy atom. The molecule has 2 aromatic rings. The minimum Gasteiger partial charge on any atom is -0.503 e. The number of ether oxygens (including phenoxy) is 1. The highest BCUT2D eigenvalue weighted by molar-refractivity contribution is 9.10. The lowest BCUT2D eigenvalue weighted by Gasteiger charge is -2.06. The minimum atomic E-state index is 0.0252. The third kappa shape index (κ3) is 2.44. The lowest BCUT2D eigenvalue weighted by atomic mass is 10.2. The number of aromatic nitrogens is 3. The number of benzene rings is 1. The Bertz CT molecular complexity index is 650. The fourth-order valence-corrected chi connectivity index (χ4v) is 1.85. The van der Waals surface area contributed by atoms with Crippen molar-refractivity contribution < 1.29 is 9.84 Å². The van der Waals surface area contributed by atoms with E-state index in [2.05, 4.69) is 31.2 Å². The predicted octanol–water partition coefficient (Wildman–Crippen LogP) is 2.30. The van der Waals surface area contributed by atoms with Crippen molar-refractivity contribution in [1.82, 2.24) is 14.9 Å². The fourth-order valence-electron chi connectivity index (χ4n) is 1.28. The number of phenolic OH excluding ortho intramolecular Hbond substituents is 1. The van der Waals surface area contributed by atoms with E-state index in [4.69, 9.17) is 17.0 Å². The molecule has 2 rings (SSSR count). The summed E-state index contributed by atoms with van der Waals surface area (Å²) in [7, 11) is 1.49. The van der Waals surface area contributed by atoms with E-state index in [1.165, 1.54) is 18.1 Å². The van der Waals surface area contributed by atoms with Crippen molar-refractivity contribution in [2.45, 2.75) is 0 Å². The van der Waals surface area contributed by atoms with Gasteiger partial charge < -0.3 is 9.84 Å². The second-order valence-electron chi connectivity index (χ2n) is 3.27. The number of phenols is 1. The van der Waals surface area contributed by atoms with Crippen molar-refractivity contribution in [2.75, 3.05) is 7.11 Å². The molecule has 0 unspecified atom stereocenters. The molecule has 0 radical (unpaired) electrons. The summed E-state index contributed by atoms with van der Waals surface area (Å²) in [5.74, 6) is 0.413. The van der Waals surface area contributed by atoms with Gasteiger partial charge in [-0.05, 0) is 40.3 Å². The van der Waals surface area contributed by atoms with E-state index in [9.17, 15) is 5.11 Å². The van der Waals surface area contributed by atoms with Crippen molar-refractivity contribution in [3.8, 4) is 11.5 Å². The van der Waals surface area contributed by atoms with Gasteiger partial charge in [0.2, 0.25) is 4.77 Å². The maximum atomic E-state index is 9.81. The van der Waals surface area contributed by atoms with Crippen molar-refractivity contribution in [1.29, 1.82) is 0 Å². The molecule has 0 amide bonds. The van der Waals surface area contributed by atoms with Crippen LogP contribution in [0.4, 0.5) is 0 Å². The number of rotatable bonds is 3. The Labute approximate surface area is 116 Å². The first-order valence-electron chi connectivity index (χ1n) is 4.85. The second kappa shape index (κ2) is 5.32. The summed E-state index contributed by atoms with van der Waals surface area (Å²) in [4.78, 5) is 0. The fraction of sp³-hybridized carbons (Fsp3) is 0.100. The maximum Gasteiger partial charge on any atom is 0.216 e. The van der Waals surface area contributed by atoms with Gasteiger partial charge >= 0.3 is 0 Å². The first kappa shape index (κ1) is 12.8. The molecule has 8 heteroatoms. The van der Waals surface area contributed by atoms with Crippen LogP contribution in [0, 0.1) is 4.77 Å². The summed E-state index contributed by atoms with van der Waals surface area (Å²) in [6, 6.07) is 3.41. The third-order valence-corrected chi connectivity index (χ3v) is 3.30. The molecule has 1 aromatic carbocycles. The van der Waals surface area contributed by atoms with Gasteiger partial charge in [0, 0.05) is 5.56 Å². The lowest BCUT2D eigenvalue weighted by molar-refractivity contribution is 0.372. The number of halogens is 1. The highest BCUT2D eigenvalue weighted by Gasteiger charge is 2.09. The first-order chi connectivity index (χ1) is 8.63. The SMILES string of the molecule is COc1ccc(/C=N/n2cn[nH]c2=S)c(Br)c1O. The van der Waals surface area contributed by atoms with Crippen LogP contribution in [-0.2, 0) is 0 Å². The Morgan fingerprint density at radius 1 is 1.61 bits per heavy atom. The summed E-state index contributed by atoms with van der Waals surface area (Å²) in [5.41, 5.74) is 0.691. The van der Waals surface area contributed by atoms with E-state index in [0.717, 1.165) is 0 Å². The summed E-state index contributed by atoms with van der Waals surface area (Å²) in [5, 5.41) is 20.2. The maximum absolute atomic E-state index is 9.81. The molecule has 0 aliphatic rings. The molecule has 0 saturated carbocycles. The van der Waals surface area contributed by atoms with E-state index in [-0.39, 0.29) is 5.75 Å². The number of H-pyrrole nitrogens is 1. The number of methoxy groups -OCH3 is 1. The first-order valence-corrected chi connectivity index (χ1v) is 6.05. The Hall–Kier alpha value is -1.67. The van der Waals surface area contributed by atoms with Crippen molar-refractivity contribution in [3.63, 3.8) is 0 Å². The average Bonchev–Trinajstić information content (AvgIpc) is 2.77. The molecule has 94 valence electrons. The van der Waals surface area contributed by atoms with Crippen LogP contribution in [0.2, 0.25) is 0 Å². The number of aromatic amines is 1. The smallest absolute Gasteiger partial charge is 0.216 e. The van der Waals surface area contributed by atoms with Crippen molar-refractivity contribution in [3.05, 3.63) is 33.3 Å². The molecule has 0 saturated heterocycles. The van der Waals surface area contributed by atoms with Crippen LogP contribution in [-0.4, -0.2) is 33.3 Å². The predicted molar refractivity (Wildman–Crippen MR) is 72.8 cm³/mol. The molecule has 0 atom stereocenters. The molecule has 1 aromatic heterocycles. The van der Waals surface area contributed by atoms with Crippen LogP contribution in [0.15, 0.2) is 28.0 Å². The number of nitrogens with one attached hydrogen (secondary N) is 1. The van der Waals surface area contributed by atoms with Gasteiger partial charge in [0.1, 0.15) is 6.33 Å². The molecular weight excluding hydrogens is 320 g/mol. The molecule has 0 aliphatic carbocycles. The molecule has 0 aliphatic heterocycles. The summed E-state index contributed by atoms with van der Waals surface area (Å²) >= 11 is 8.22. The molecule has 0 spiro atoms. The van der Waals surface area contributed by atoms with Crippen LogP contribution in [0.1, 0.15) is 5.56 Å². The number of aromatic hydroxyl groups is 1. The summed E-state index contributed by atoms with van der Waals surface area (Å²) in [6.07, 6.45) is 3.00. The average molecular weight is 329 g/mol. The van der Waals surface area contributed by atoms with E-state index in [1.54, 1.807) is 18.3 Å². The Balaban J connectivity index is 2.36. The second-order valence-corrected chi connectivity index (χ2v) is 4.45. The van der Waals surface area contributed by atoms with Gasteiger partial charge in [0.05, 0.1) is 17.8 Å². The molecule has 2 N–H and O–H groups in total. The number of hydrogen-bond acceptors (Lipinski definition) is 5. The lowest BCUT2D eigenvalue weighted by Crippen LogP contribution is -1.92. The highest BCUT2D eigenvalue weighted by atomic mass is 79.9. The number of nitrogens with zero attached hydrogens (tertiary/aromatic N) is 3. The third-order valence-electron chi connectivity index (χ3n) is 2.19. The standard InChI is InChI=1S/C10H9BrN4O2S/c1-17-7-3-2-6(8(11)9(7)16)4-13-15-5-12-14-10(15)18/h2-5,16H,1H3,(H,14,18)/b13-4+. The van der Waals surface area contributed by atoms with Gasteiger partial charge in [-0.2, -0.15) is 14.9 Å². The summed E-state index contributed by atoms with van der Waals surface area (Å²) < 4.78 is 7.28. The van der Waals surface area contributed by atoms with E-state index >= 15 is 0 Å². The molecule has 18 heavy (non-hydrogen) atoms.